The van der Waals surface area contributed by atoms with Crippen LogP contribution < -0.4 is 0 Å². The summed E-state index contributed by atoms with van der Waals surface area (Å²) in [6, 6.07) is 2.00. The van der Waals surface area contributed by atoms with Crippen molar-refractivity contribution in [1.29, 1.82) is 5.26 Å². The van der Waals surface area contributed by atoms with Crippen molar-refractivity contribution in [3.63, 3.8) is 0 Å². The molecule has 0 N–H and O–H groups in total. The molecule has 90 valence electrons. The van der Waals surface area contributed by atoms with E-state index in [-0.39, 0.29) is 0 Å². The van der Waals surface area contributed by atoms with Crippen LogP contribution in [0.25, 0.3) is 0 Å². The Hall–Kier alpha value is -1.03. The number of unbranched alkanes of at least 4 members (excludes halogenated alkanes) is 7. The number of nitrogens with zero attached hydrogens (tertiary/aromatic N) is 1. The van der Waals surface area contributed by atoms with Crippen LogP contribution in [-0.4, -0.2) is 0 Å². The summed E-state index contributed by atoms with van der Waals surface area (Å²) < 4.78 is 0. The molecule has 0 aliphatic heterocycles. The normalized spacial score (nSPS) is 11.2. The summed E-state index contributed by atoms with van der Waals surface area (Å²) in [4.78, 5) is 0. The topological polar surface area (TPSA) is 23.8 Å². The van der Waals surface area contributed by atoms with Crippen LogP contribution in [-0.2, 0) is 0 Å². The highest BCUT2D eigenvalue weighted by Gasteiger charge is 1.86. The predicted octanol–water partition coefficient (Wildman–Crippen LogP) is 5.15. The summed E-state index contributed by atoms with van der Waals surface area (Å²) in [5.74, 6) is 0. The van der Waals surface area contributed by atoms with Gasteiger partial charge in [0.1, 0.15) is 0 Å². The predicted molar refractivity (Wildman–Crippen MR) is 71.1 cm³/mol. The molecule has 0 aromatic heterocycles. The molecule has 1 nitrogen and oxygen atoms in total. The zero-order valence-corrected chi connectivity index (χ0v) is 10.6. The minimum atomic E-state index is 1.02. The van der Waals surface area contributed by atoms with Crippen LogP contribution in [0.3, 0.4) is 0 Å². The Morgan fingerprint density at radius 2 is 1.44 bits per heavy atom. The molecule has 0 bridgehead atoms. The molecule has 0 aromatic rings. The smallest absolute Gasteiger partial charge is 0.0908 e. The van der Waals surface area contributed by atoms with Gasteiger partial charge in [-0.15, -0.1) is 0 Å². The van der Waals surface area contributed by atoms with Crippen molar-refractivity contribution in [1.82, 2.24) is 0 Å². The van der Waals surface area contributed by atoms with Crippen LogP contribution in [0.15, 0.2) is 24.3 Å². The molecular weight excluding hydrogens is 194 g/mol. The van der Waals surface area contributed by atoms with Gasteiger partial charge in [-0.25, -0.2) is 0 Å². The van der Waals surface area contributed by atoms with E-state index in [1.165, 1.54) is 38.5 Å². The van der Waals surface area contributed by atoms with Crippen LogP contribution in [0.5, 0.6) is 0 Å². The molecule has 0 atom stereocenters. The summed E-state index contributed by atoms with van der Waals surface area (Å²) >= 11 is 0. The zero-order valence-electron chi connectivity index (χ0n) is 10.6. The van der Waals surface area contributed by atoms with Gasteiger partial charge in [-0.05, 0) is 32.1 Å². The first-order chi connectivity index (χ1) is 7.91. The van der Waals surface area contributed by atoms with Gasteiger partial charge in [-0.1, -0.05) is 50.8 Å². The van der Waals surface area contributed by atoms with Crippen LogP contribution in [0.2, 0.25) is 0 Å². The molecule has 0 saturated heterocycles. The van der Waals surface area contributed by atoms with Gasteiger partial charge in [0.15, 0.2) is 0 Å². The molecule has 0 aliphatic carbocycles. The molecule has 0 amide bonds. The molecule has 0 spiro atoms. The highest BCUT2D eigenvalue weighted by molar-refractivity contribution is 5.01. The number of hydrogen-bond donors (Lipinski definition) is 0. The third-order valence-corrected chi connectivity index (χ3v) is 2.57. The number of allylic oxidation sites excluding steroid dienone is 4. The molecule has 1 heteroatoms. The lowest BCUT2D eigenvalue weighted by atomic mass is 10.1. The minimum Gasteiger partial charge on any atom is -0.193 e. The van der Waals surface area contributed by atoms with Crippen molar-refractivity contribution < 1.29 is 0 Å². The van der Waals surface area contributed by atoms with Crippen molar-refractivity contribution in [3.05, 3.63) is 24.3 Å². The second-order valence-corrected chi connectivity index (χ2v) is 4.14. The van der Waals surface area contributed by atoms with Crippen LogP contribution in [0.1, 0.15) is 64.7 Å². The molecule has 0 aliphatic rings. The third-order valence-electron chi connectivity index (χ3n) is 2.57. The number of nitriles is 1. The average Bonchev–Trinajstić information content (AvgIpc) is 2.31. The van der Waals surface area contributed by atoms with Crippen LogP contribution in [0.4, 0.5) is 0 Å². The van der Waals surface area contributed by atoms with Crippen LogP contribution in [0, 0.1) is 11.3 Å². The fraction of sp³-hybridized carbons (Fsp3) is 0.667. The first kappa shape index (κ1) is 15.0. The van der Waals surface area contributed by atoms with E-state index in [4.69, 9.17) is 5.26 Å². The Morgan fingerprint density at radius 1 is 0.812 bits per heavy atom. The standard InChI is InChI=1S/C15H25N/c1-2-3-4-5-6-7-8-9-10-11-12-13-14-15-16/h8-9,13-14H,2-7,10-12H2,1H3. The van der Waals surface area contributed by atoms with Crippen molar-refractivity contribution in [2.75, 3.05) is 0 Å². The SMILES string of the molecule is CCCCCCCC=CCCCC=CC#N. The molecule has 0 rings (SSSR count). The van der Waals surface area contributed by atoms with Gasteiger partial charge in [0.25, 0.3) is 0 Å². The molecule has 0 fully saturated rings. The van der Waals surface area contributed by atoms with Crippen molar-refractivity contribution in [3.8, 4) is 6.07 Å². The number of rotatable bonds is 10. The first-order valence-corrected chi connectivity index (χ1v) is 6.61. The Bertz CT molecular complexity index is 220. The fourth-order valence-corrected chi connectivity index (χ4v) is 1.59. The summed E-state index contributed by atoms with van der Waals surface area (Å²) in [6.45, 7) is 2.25. The quantitative estimate of drug-likeness (QED) is 0.283. The second-order valence-electron chi connectivity index (χ2n) is 4.14. The highest BCUT2D eigenvalue weighted by Crippen LogP contribution is 2.06. The lowest BCUT2D eigenvalue weighted by molar-refractivity contribution is 0.637. The summed E-state index contributed by atoms with van der Waals surface area (Å²) in [5, 5.41) is 8.28. The van der Waals surface area contributed by atoms with Crippen molar-refractivity contribution in [2.24, 2.45) is 0 Å². The largest absolute Gasteiger partial charge is 0.193 e. The van der Waals surface area contributed by atoms with Gasteiger partial charge in [0, 0.05) is 6.08 Å². The molecule has 0 saturated carbocycles. The first-order valence-electron chi connectivity index (χ1n) is 6.61. The van der Waals surface area contributed by atoms with Gasteiger partial charge >= 0.3 is 0 Å². The van der Waals surface area contributed by atoms with E-state index in [9.17, 15) is 0 Å². The Morgan fingerprint density at radius 3 is 2.12 bits per heavy atom. The van der Waals surface area contributed by atoms with Gasteiger partial charge in [0.2, 0.25) is 0 Å². The van der Waals surface area contributed by atoms with E-state index in [0.29, 0.717) is 0 Å². The second kappa shape index (κ2) is 14.0. The maximum absolute atomic E-state index is 8.28. The van der Waals surface area contributed by atoms with Crippen LogP contribution >= 0.6 is 0 Å². The molecule has 0 unspecified atom stereocenters. The summed E-state index contributed by atoms with van der Waals surface area (Å²) in [6.07, 6.45) is 19.5. The Kier molecular flexibility index (Phi) is 13.1. The van der Waals surface area contributed by atoms with E-state index in [2.05, 4.69) is 19.1 Å². The minimum absolute atomic E-state index is 1.02. The molecule has 16 heavy (non-hydrogen) atoms. The molecule has 0 heterocycles. The van der Waals surface area contributed by atoms with Gasteiger partial charge in [-0.3, -0.25) is 0 Å². The maximum Gasteiger partial charge on any atom is 0.0908 e. The fourth-order valence-electron chi connectivity index (χ4n) is 1.59. The van der Waals surface area contributed by atoms with E-state index in [1.54, 1.807) is 6.08 Å². The van der Waals surface area contributed by atoms with E-state index in [0.717, 1.165) is 19.3 Å². The summed E-state index contributed by atoms with van der Waals surface area (Å²) in [7, 11) is 0. The molecule has 0 radical (unpaired) electrons. The maximum atomic E-state index is 8.28. The van der Waals surface area contributed by atoms with Crippen molar-refractivity contribution >= 4 is 0 Å². The lowest BCUT2D eigenvalue weighted by Crippen LogP contribution is -1.76. The van der Waals surface area contributed by atoms with Crippen molar-refractivity contribution in [2.45, 2.75) is 64.7 Å². The van der Waals surface area contributed by atoms with E-state index in [1.807, 2.05) is 12.1 Å². The van der Waals surface area contributed by atoms with E-state index >= 15 is 0 Å². The Labute approximate surface area is 101 Å². The van der Waals surface area contributed by atoms with Gasteiger partial charge < -0.3 is 0 Å². The molecular formula is C15H25N. The van der Waals surface area contributed by atoms with Gasteiger partial charge in [0.05, 0.1) is 6.07 Å². The number of hydrogen-bond acceptors (Lipinski definition) is 1. The Balaban J connectivity index is 3.10. The average molecular weight is 219 g/mol. The zero-order chi connectivity index (χ0) is 11.9. The molecule has 0 aromatic carbocycles. The van der Waals surface area contributed by atoms with Gasteiger partial charge in [-0.2, -0.15) is 5.26 Å². The van der Waals surface area contributed by atoms with E-state index < -0.39 is 0 Å². The monoisotopic (exact) mass is 219 g/mol. The third kappa shape index (κ3) is 13.0. The lowest BCUT2D eigenvalue weighted by Gasteiger charge is -1.96. The summed E-state index contributed by atoms with van der Waals surface area (Å²) in [5.41, 5.74) is 0. The highest BCUT2D eigenvalue weighted by atomic mass is 14.2.